The summed E-state index contributed by atoms with van der Waals surface area (Å²) < 4.78 is 0. The first-order chi connectivity index (χ1) is 12.3. The van der Waals surface area contributed by atoms with E-state index in [4.69, 9.17) is 0 Å². The van der Waals surface area contributed by atoms with E-state index in [1.54, 1.807) is 18.3 Å². The summed E-state index contributed by atoms with van der Waals surface area (Å²) in [5.74, 6) is -2.36. The number of hydrogen-bond acceptors (Lipinski definition) is 4. The van der Waals surface area contributed by atoms with Gasteiger partial charge in [-0.1, -0.05) is 25.1 Å². The maximum Gasteiger partial charge on any atom is 0.291 e. The number of fused-ring (bicyclic) bond motifs is 4. The Labute approximate surface area is 151 Å². The third kappa shape index (κ3) is 1.92. The van der Waals surface area contributed by atoms with Crippen LogP contribution in [0.15, 0.2) is 24.3 Å². The van der Waals surface area contributed by atoms with Gasteiger partial charge in [0.2, 0.25) is 17.4 Å². The van der Waals surface area contributed by atoms with Gasteiger partial charge < -0.3 is 15.7 Å². The maximum absolute atomic E-state index is 13.3. The number of benzene rings is 1. The normalized spacial score (nSPS) is 34.8. The molecular weight excluding hydrogens is 334 g/mol. The second kappa shape index (κ2) is 5.62. The Morgan fingerprint density at radius 2 is 1.92 bits per heavy atom. The Morgan fingerprint density at radius 1 is 1.23 bits per heavy atom. The fourth-order valence-electron chi connectivity index (χ4n) is 4.92. The van der Waals surface area contributed by atoms with Crippen molar-refractivity contribution < 1.29 is 24.8 Å². The molecule has 4 rings (SSSR count). The van der Waals surface area contributed by atoms with Crippen LogP contribution in [0.5, 0.6) is 0 Å². The molecule has 2 fully saturated rings. The van der Waals surface area contributed by atoms with Crippen molar-refractivity contribution in [3.05, 3.63) is 29.8 Å². The van der Waals surface area contributed by atoms with Crippen LogP contribution < -0.4 is 10.6 Å². The van der Waals surface area contributed by atoms with E-state index >= 15 is 0 Å². The Balaban J connectivity index is 1.90. The van der Waals surface area contributed by atoms with Crippen molar-refractivity contribution in [3.8, 4) is 0 Å². The first-order valence-corrected chi connectivity index (χ1v) is 9.16. The number of aliphatic hydroxyl groups excluding tert-OH is 1. The molecule has 0 bridgehead atoms. The van der Waals surface area contributed by atoms with Gasteiger partial charge >= 0.3 is 0 Å². The van der Waals surface area contributed by atoms with Crippen LogP contribution in [0, 0.1) is 11.8 Å². The lowest BCUT2D eigenvalue weighted by molar-refractivity contribution is -0.738. The topological polar surface area (TPSA) is 103 Å². The summed E-state index contributed by atoms with van der Waals surface area (Å²) in [4.78, 5) is 40.8. The van der Waals surface area contributed by atoms with Crippen LogP contribution in [0.2, 0.25) is 0 Å². The summed E-state index contributed by atoms with van der Waals surface area (Å²) in [5.41, 5.74) is 0.189. The molecule has 4 N–H and O–H groups in total. The van der Waals surface area contributed by atoms with Gasteiger partial charge in [-0.2, -0.15) is 0 Å². The summed E-state index contributed by atoms with van der Waals surface area (Å²) in [6, 6.07) is 6.51. The SMILES string of the molecule is CC[C@@H](C)N1C(=O)[C@@H]2[C@@H]([C@@H](C)O)[NH2+][C@@]3(C(=O)Nc4ccccc43)[C@@H]2C1=O. The van der Waals surface area contributed by atoms with E-state index in [1.165, 1.54) is 4.90 Å². The maximum atomic E-state index is 13.3. The van der Waals surface area contributed by atoms with E-state index in [1.807, 2.05) is 32.0 Å². The summed E-state index contributed by atoms with van der Waals surface area (Å²) in [5, 5.41) is 14.9. The van der Waals surface area contributed by atoms with E-state index in [0.29, 0.717) is 12.1 Å². The second-order valence-corrected chi connectivity index (χ2v) is 7.66. The molecule has 1 aromatic carbocycles. The van der Waals surface area contributed by atoms with E-state index in [2.05, 4.69) is 5.32 Å². The number of anilines is 1. The number of hydrogen-bond donors (Lipinski definition) is 3. The number of nitrogens with one attached hydrogen (secondary N) is 1. The van der Waals surface area contributed by atoms with Gasteiger partial charge in [-0.3, -0.25) is 19.3 Å². The zero-order valence-corrected chi connectivity index (χ0v) is 15.1. The number of para-hydroxylation sites is 1. The third-order valence-electron chi connectivity index (χ3n) is 6.33. The molecule has 3 heterocycles. The molecule has 1 spiro atoms. The van der Waals surface area contributed by atoms with Gasteiger partial charge in [0.1, 0.15) is 24.0 Å². The molecule has 2 saturated heterocycles. The van der Waals surface area contributed by atoms with Crippen molar-refractivity contribution in [3.63, 3.8) is 0 Å². The smallest absolute Gasteiger partial charge is 0.291 e. The molecular formula is C19H24N3O4+. The van der Waals surface area contributed by atoms with Gasteiger partial charge in [0.05, 0.1) is 5.69 Å². The van der Waals surface area contributed by atoms with Gasteiger partial charge in [0.25, 0.3) is 5.91 Å². The highest BCUT2D eigenvalue weighted by atomic mass is 16.3. The molecule has 1 aromatic rings. The lowest BCUT2D eigenvalue weighted by Gasteiger charge is -2.29. The Bertz CT molecular complexity index is 808. The lowest BCUT2D eigenvalue weighted by Crippen LogP contribution is -3.00. The zero-order chi connectivity index (χ0) is 18.8. The number of quaternary nitrogens is 1. The molecule has 138 valence electrons. The molecule has 0 aliphatic carbocycles. The summed E-state index contributed by atoms with van der Waals surface area (Å²) in [7, 11) is 0. The second-order valence-electron chi connectivity index (χ2n) is 7.66. The first-order valence-electron chi connectivity index (χ1n) is 9.16. The molecule has 3 amide bonds. The van der Waals surface area contributed by atoms with Gasteiger partial charge in [-0.15, -0.1) is 0 Å². The van der Waals surface area contributed by atoms with E-state index in [9.17, 15) is 19.5 Å². The van der Waals surface area contributed by atoms with Crippen LogP contribution in [-0.2, 0) is 19.9 Å². The van der Waals surface area contributed by atoms with Crippen molar-refractivity contribution >= 4 is 23.4 Å². The Kier molecular flexibility index (Phi) is 3.71. The standard InChI is InChI=1S/C19H23N3O4/c1-4-9(2)22-16(24)13-14(17(22)25)19(21-15(13)10(3)23)11-7-5-6-8-12(11)20-18(19)26/h5-10,13-15,21,23H,4H2,1-3H3,(H,20,26)/p+1/t9-,10-,13+,14+,15-,19-/m1/s1. The molecule has 0 aromatic heterocycles. The lowest BCUT2D eigenvalue weighted by atomic mass is 9.76. The fraction of sp³-hybridized carbons (Fsp3) is 0.526. The third-order valence-corrected chi connectivity index (χ3v) is 6.33. The average molecular weight is 358 g/mol. The van der Waals surface area contributed by atoms with Crippen LogP contribution in [0.1, 0.15) is 32.8 Å². The molecule has 0 radical (unpaired) electrons. The van der Waals surface area contributed by atoms with Crippen LogP contribution in [0.25, 0.3) is 0 Å². The molecule has 7 nitrogen and oxygen atoms in total. The minimum atomic E-state index is -1.20. The summed E-state index contributed by atoms with van der Waals surface area (Å²) in [6.07, 6.45) is -0.175. The monoisotopic (exact) mass is 358 g/mol. The minimum Gasteiger partial charge on any atom is -0.387 e. The van der Waals surface area contributed by atoms with Gasteiger partial charge in [-0.05, 0) is 26.3 Å². The van der Waals surface area contributed by atoms with Crippen molar-refractivity contribution in [1.29, 1.82) is 0 Å². The minimum absolute atomic E-state index is 0.230. The molecule has 3 aliphatic heterocycles. The number of carbonyl (C=O) groups excluding carboxylic acids is 3. The van der Waals surface area contributed by atoms with E-state index in [-0.39, 0.29) is 23.8 Å². The van der Waals surface area contributed by atoms with Gasteiger partial charge in [0.15, 0.2) is 0 Å². The molecule has 0 saturated carbocycles. The van der Waals surface area contributed by atoms with Crippen LogP contribution in [0.4, 0.5) is 5.69 Å². The zero-order valence-electron chi connectivity index (χ0n) is 15.1. The number of nitrogens with two attached hydrogens (primary N) is 1. The van der Waals surface area contributed by atoms with Crippen molar-refractivity contribution in [2.24, 2.45) is 11.8 Å². The van der Waals surface area contributed by atoms with Gasteiger partial charge in [-0.25, -0.2) is 0 Å². The summed E-state index contributed by atoms with van der Waals surface area (Å²) in [6.45, 7) is 5.37. The van der Waals surface area contributed by atoms with Crippen molar-refractivity contribution in [1.82, 2.24) is 4.90 Å². The largest absolute Gasteiger partial charge is 0.387 e. The fourth-order valence-corrected chi connectivity index (χ4v) is 4.92. The highest BCUT2D eigenvalue weighted by molar-refractivity contribution is 6.14. The highest BCUT2D eigenvalue weighted by Gasteiger charge is 2.75. The Hall–Kier alpha value is -2.25. The van der Waals surface area contributed by atoms with Gasteiger partial charge in [0, 0.05) is 11.6 Å². The molecule has 26 heavy (non-hydrogen) atoms. The number of nitrogens with zero attached hydrogens (tertiary/aromatic N) is 1. The van der Waals surface area contributed by atoms with E-state index in [0.717, 1.165) is 5.56 Å². The van der Waals surface area contributed by atoms with E-state index < -0.39 is 29.5 Å². The average Bonchev–Trinajstić information content (AvgIpc) is 3.20. The number of imide groups is 1. The Morgan fingerprint density at radius 3 is 2.58 bits per heavy atom. The molecule has 0 unspecified atom stereocenters. The predicted molar refractivity (Wildman–Crippen MR) is 92.7 cm³/mol. The number of amides is 3. The number of aliphatic hydroxyl groups is 1. The number of rotatable bonds is 3. The first kappa shape index (κ1) is 17.2. The molecule has 7 heteroatoms. The predicted octanol–water partition coefficient (Wildman–Crippen LogP) is -0.440. The highest BCUT2D eigenvalue weighted by Crippen LogP contribution is 2.49. The van der Waals surface area contributed by atoms with Crippen molar-refractivity contribution in [2.75, 3.05) is 5.32 Å². The molecule has 6 atom stereocenters. The van der Waals surface area contributed by atoms with Crippen LogP contribution in [-0.4, -0.2) is 45.9 Å². The quantitative estimate of drug-likeness (QED) is 0.637. The van der Waals surface area contributed by atoms with Crippen LogP contribution in [0.3, 0.4) is 0 Å². The number of carbonyl (C=O) groups is 3. The summed E-state index contributed by atoms with van der Waals surface area (Å²) >= 11 is 0. The molecule has 3 aliphatic rings. The number of likely N-dealkylation sites (tertiary alicyclic amines) is 1. The van der Waals surface area contributed by atoms with Crippen LogP contribution >= 0.6 is 0 Å². The van der Waals surface area contributed by atoms with Crippen molar-refractivity contribution in [2.45, 2.75) is 50.9 Å².